The van der Waals surface area contributed by atoms with Gasteiger partial charge in [0.05, 0.1) is 11.5 Å². The van der Waals surface area contributed by atoms with Gasteiger partial charge in [-0.15, -0.1) is 0 Å². The molecule has 0 radical (unpaired) electrons. The number of benzene rings is 1. The molecule has 0 amide bonds. The number of sulfone groups is 1. The Balaban J connectivity index is 2.29. The molecule has 1 aromatic carbocycles. The van der Waals surface area contributed by atoms with Gasteiger partial charge in [0.25, 0.3) is 0 Å². The van der Waals surface area contributed by atoms with Crippen LogP contribution in [0.4, 0.5) is 11.4 Å². The second kappa shape index (κ2) is 4.22. The topological polar surface area (TPSA) is 63.4 Å². The normalized spacial score (nSPS) is 23.6. The van der Waals surface area contributed by atoms with Gasteiger partial charge in [-0.1, -0.05) is 0 Å². The van der Waals surface area contributed by atoms with E-state index >= 15 is 0 Å². The highest BCUT2D eigenvalue weighted by atomic mass is 32.2. The zero-order chi connectivity index (χ0) is 12.6. The Morgan fingerprint density at radius 3 is 2.71 bits per heavy atom. The van der Waals surface area contributed by atoms with Crippen LogP contribution in [0, 0.1) is 6.92 Å². The maximum atomic E-state index is 11.5. The largest absolute Gasteiger partial charge is 0.399 e. The fourth-order valence-corrected chi connectivity index (χ4v) is 3.91. The molecular formula is C12H18N2O2S. The smallest absolute Gasteiger partial charge is 0.154 e. The van der Waals surface area contributed by atoms with Crippen LogP contribution in [0.25, 0.3) is 0 Å². The van der Waals surface area contributed by atoms with Crippen molar-refractivity contribution in [3.63, 3.8) is 0 Å². The lowest BCUT2D eigenvalue weighted by atomic mass is 10.1. The number of hydrogen-bond acceptors (Lipinski definition) is 4. The van der Waals surface area contributed by atoms with E-state index in [4.69, 9.17) is 5.73 Å². The Hall–Kier alpha value is -1.23. The van der Waals surface area contributed by atoms with Gasteiger partial charge in [0.15, 0.2) is 9.84 Å². The van der Waals surface area contributed by atoms with Crippen molar-refractivity contribution < 1.29 is 8.42 Å². The molecule has 0 aromatic heterocycles. The van der Waals surface area contributed by atoms with Gasteiger partial charge in [0.1, 0.15) is 0 Å². The first-order chi connectivity index (χ1) is 7.89. The first kappa shape index (κ1) is 12.2. The maximum absolute atomic E-state index is 11.5. The number of nitrogens with zero attached hydrogens (tertiary/aromatic N) is 1. The summed E-state index contributed by atoms with van der Waals surface area (Å²) >= 11 is 0. The van der Waals surface area contributed by atoms with Crippen LogP contribution in [-0.4, -0.2) is 32.5 Å². The Morgan fingerprint density at radius 1 is 1.41 bits per heavy atom. The van der Waals surface area contributed by atoms with Crippen LogP contribution in [0.5, 0.6) is 0 Å². The molecule has 1 atom stereocenters. The summed E-state index contributed by atoms with van der Waals surface area (Å²) in [6.07, 6.45) is 0. The lowest BCUT2D eigenvalue weighted by Gasteiger charge is -2.36. The lowest BCUT2D eigenvalue weighted by Crippen LogP contribution is -2.47. The van der Waals surface area contributed by atoms with E-state index in [1.165, 1.54) is 0 Å². The van der Waals surface area contributed by atoms with Crippen LogP contribution >= 0.6 is 0 Å². The number of anilines is 2. The molecule has 4 nitrogen and oxygen atoms in total. The van der Waals surface area contributed by atoms with Gasteiger partial charge < -0.3 is 10.6 Å². The van der Waals surface area contributed by atoms with Crippen LogP contribution < -0.4 is 10.6 Å². The van der Waals surface area contributed by atoms with E-state index in [0.29, 0.717) is 6.54 Å². The Kier molecular flexibility index (Phi) is 3.03. The summed E-state index contributed by atoms with van der Waals surface area (Å²) in [6, 6.07) is 5.78. The molecule has 1 heterocycles. The van der Waals surface area contributed by atoms with Crippen molar-refractivity contribution >= 4 is 21.2 Å². The number of hydrogen-bond donors (Lipinski definition) is 1. The van der Waals surface area contributed by atoms with E-state index in [0.717, 1.165) is 16.9 Å². The summed E-state index contributed by atoms with van der Waals surface area (Å²) in [6.45, 7) is 4.52. The highest BCUT2D eigenvalue weighted by Crippen LogP contribution is 2.26. The zero-order valence-electron chi connectivity index (χ0n) is 10.2. The first-order valence-corrected chi connectivity index (χ1v) is 7.54. The maximum Gasteiger partial charge on any atom is 0.154 e. The third-order valence-corrected chi connectivity index (χ3v) is 5.00. The SMILES string of the molecule is Cc1cc(N)ccc1N1CCS(=O)(=O)CC1C. The molecule has 1 aliphatic rings. The lowest BCUT2D eigenvalue weighted by molar-refractivity contribution is 0.568. The summed E-state index contributed by atoms with van der Waals surface area (Å²) in [7, 11) is -2.86. The van der Waals surface area contributed by atoms with Crippen molar-refractivity contribution in [2.75, 3.05) is 28.7 Å². The Morgan fingerprint density at radius 2 is 2.12 bits per heavy atom. The minimum absolute atomic E-state index is 0.0241. The predicted octanol–water partition coefficient (Wildman–Crippen LogP) is 1.20. The third kappa shape index (κ3) is 2.54. The molecule has 0 spiro atoms. The van der Waals surface area contributed by atoms with Crippen molar-refractivity contribution in [3.05, 3.63) is 23.8 Å². The average molecular weight is 254 g/mol. The molecule has 1 fully saturated rings. The highest BCUT2D eigenvalue weighted by molar-refractivity contribution is 7.91. The molecule has 1 unspecified atom stereocenters. The molecule has 0 saturated carbocycles. The van der Waals surface area contributed by atoms with Gasteiger partial charge >= 0.3 is 0 Å². The molecule has 2 rings (SSSR count). The van der Waals surface area contributed by atoms with Gasteiger partial charge in [-0.3, -0.25) is 0 Å². The van der Waals surface area contributed by atoms with Crippen LogP contribution in [0.3, 0.4) is 0 Å². The second-order valence-corrected chi connectivity index (χ2v) is 6.93. The first-order valence-electron chi connectivity index (χ1n) is 5.72. The van der Waals surface area contributed by atoms with Crippen LogP contribution in [0.1, 0.15) is 12.5 Å². The van der Waals surface area contributed by atoms with E-state index in [9.17, 15) is 8.42 Å². The molecule has 1 saturated heterocycles. The number of nitrogen functional groups attached to an aromatic ring is 1. The van der Waals surface area contributed by atoms with Crippen LogP contribution in [0.2, 0.25) is 0 Å². The Labute approximate surface area is 102 Å². The monoisotopic (exact) mass is 254 g/mol. The molecular weight excluding hydrogens is 236 g/mol. The molecule has 0 bridgehead atoms. The third-order valence-electron chi connectivity index (χ3n) is 3.20. The van der Waals surface area contributed by atoms with Gasteiger partial charge in [-0.2, -0.15) is 0 Å². The van der Waals surface area contributed by atoms with Crippen molar-refractivity contribution in [3.8, 4) is 0 Å². The number of rotatable bonds is 1. The van der Waals surface area contributed by atoms with Crippen LogP contribution in [0.15, 0.2) is 18.2 Å². The summed E-state index contributed by atoms with van der Waals surface area (Å²) < 4.78 is 23.1. The quantitative estimate of drug-likeness (QED) is 0.765. The molecule has 1 aliphatic heterocycles. The van der Waals surface area contributed by atoms with Crippen molar-refractivity contribution in [1.29, 1.82) is 0 Å². The Bertz CT molecular complexity index is 525. The second-order valence-electron chi connectivity index (χ2n) is 4.70. The highest BCUT2D eigenvalue weighted by Gasteiger charge is 2.28. The van der Waals surface area contributed by atoms with Crippen LogP contribution in [-0.2, 0) is 9.84 Å². The van der Waals surface area contributed by atoms with Gasteiger partial charge in [0, 0.05) is 24.0 Å². The van der Waals surface area contributed by atoms with Crippen molar-refractivity contribution in [2.24, 2.45) is 0 Å². The summed E-state index contributed by atoms with van der Waals surface area (Å²) in [5, 5.41) is 0. The van der Waals surface area contributed by atoms with E-state index in [-0.39, 0.29) is 17.5 Å². The van der Waals surface area contributed by atoms with E-state index in [1.807, 2.05) is 32.0 Å². The number of aryl methyl sites for hydroxylation is 1. The van der Waals surface area contributed by atoms with E-state index in [2.05, 4.69) is 4.90 Å². The summed E-state index contributed by atoms with van der Waals surface area (Å²) in [5.74, 6) is 0.470. The summed E-state index contributed by atoms with van der Waals surface area (Å²) in [4.78, 5) is 2.15. The van der Waals surface area contributed by atoms with Gasteiger partial charge in [-0.25, -0.2) is 8.42 Å². The van der Waals surface area contributed by atoms with Crippen molar-refractivity contribution in [2.45, 2.75) is 19.9 Å². The van der Waals surface area contributed by atoms with Gasteiger partial charge in [-0.05, 0) is 37.6 Å². The van der Waals surface area contributed by atoms with E-state index in [1.54, 1.807) is 0 Å². The standard InChI is InChI=1S/C12H18N2O2S/c1-9-7-11(13)3-4-12(9)14-5-6-17(15,16)8-10(14)2/h3-4,7,10H,5-6,8,13H2,1-2H3. The molecule has 17 heavy (non-hydrogen) atoms. The molecule has 5 heteroatoms. The molecule has 94 valence electrons. The minimum Gasteiger partial charge on any atom is -0.399 e. The minimum atomic E-state index is -2.86. The average Bonchev–Trinajstić information content (AvgIpc) is 2.18. The zero-order valence-corrected chi connectivity index (χ0v) is 11.0. The molecule has 0 aliphatic carbocycles. The van der Waals surface area contributed by atoms with E-state index < -0.39 is 9.84 Å². The van der Waals surface area contributed by atoms with Gasteiger partial charge in [0.2, 0.25) is 0 Å². The molecule has 1 aromatic rings. The van der Waals surface area contributed by atoms with Crippen molar-refractivity contribution in [1.82, 2.24) is 0 Å². The molecule has 2 N–H and O–H groups in total. The summed E-state index contributed by atoms with van der Waals surface area (Å²) in [5.41, 5.74) is 8.64. The fraction of sp³-hybridized carbons (Fsp3) is 0.500. The fourth-order valence-electron chi connectivity index (χ4n) is 2.36. The predicted molar refractivity (Wildman–Crippen MR) is 71.1 cm³/mol. The number of nitrogens with two attached hydrogens (primary N) is 1.